The molecule has 0 aliphatic rings. The van der Waals surface area contributed by atoms with Crippen LogP contribution in [0.25, 0.3) is 0 Å². The van der Waals surface area contributed by atoms with Crippen molar-refractivity contribution >= 4 is 17.2 Å². The largest absolute Gasteiger partial charge is 0.453 e. The molecule has 0 saturated carbocycles. The summed E-state index contributed by atoms with van der Waals surface area (Å²) in [5.41, 5.74) is 5.23. The minimum Gasteiger partial charge on any atom is -0.453 e. The number of rotatable bonds is 3. The molecule has 2 N–H and O–H groups in total. The highest BCUT2D eigenvalue weighted by atomic mass is 32.1. The van der Waals surface area contributed by atoms with Crippen LogP contribution in [0.3, 0.4) is 0 Å². The molecule has 2 nitrogen and oxygen atoms in total. The lowest BCUT2D eigenvalue weighted by Crippen LogP contribution is -2.13. The molecule has 98 valence electrons. The second-order valence-electron chi connectivity index (χ2n) is 3.63. The molecule has 0 saturated heterocycles. The average Bonchev–Trinajstić information content (AvgIpc) is 2.34. The predicted octanol–water partition coefficient (Wildman–Crippen LogP) is 3.53. The zero-order valence-electron chi connectivity index (χ0n) is 9.49. The first kappa shape index (κ1) is 13.4. The first-order chi connectivity index (χ1) is 9.00. The Bertz CT molecular complexity index is 646. The molecule has 0 radical (unpaired) electrons. The minimum absolute atomic E-state index is 0.0722. The number of halogens is 3. The van der Waals surface area contributed by atoms with Crippen molar-refractivity contribution in [1.82, 2.24) is 0 Å². The van der Waals surface area contributed by atoms with Gasteiger partial charge in [0.25, 0.3) is 0 Å². The molecule has 0 bridgehead atoms. The van der Waals surface area contributed by atoms with Crippen LogP contribution in [0.15, 0.2) is 36.4 Å². The van der Waals surface area contributed by atoms with E-state index in [1.807, 2.05) is 0 Å². The summed E-state index contributed by atoms with van der Waals surface area (Å²) in [5.74, 6) is -3.37. The first-order valence-electron chi connectivity index (χ1n) is 5.21. The Labute approximate surface area is 112 Å². The van der Waals surface area contributed by atoms with Crippen LogP contribution >= 0.6 is 12.2 Å². The SMILES string of the molecule is NC(=S)c1c(F)cccc1Oc1cccc(F)c1F. The van der Waals surface area contributed by atoms with E-state index in [-0.39, 0.29) is 22.1 Å². The van der Waals surface area contributed by atoms with E-state index in [1.165, 1.54) is 24.3 Å². The van der Waals surface area contributed by atoms with Gasteiger partial charge in [0, 0.05) is 0 Å². The van der Waals surface area contributed by atoms with Gasteiger partial charge < -0.3 is 10.5 Å². The van der Waals surface area contributed by atoms with Gasteiger partial charge in [0.1, 0.15) is 16.6 Å². The topological polar surface area (TPSA) is 35.2 Å². The van der Waals surface area contributed by atoms with Gasteiger partial charge in [0.15, 0.2) is 11.6 Å². The Hall–Kier alpha value is -2.08. The van der Waals surface area contributed by atoms with E-state index in [0.717, 1.165) is 12.1 Å². The van der Waals surface area contributed by atoms with Gasteiger partial charge in [-0.25, -0.2) is 8.78 Å². The van der Waals surface area contributed by atoms with Crippen LogP contribution in [-0.2, 0) is 0 Å². The third kappa shape index (κ3) is 2.68. The van der Waals surface area contributed by atoms with E-state index in [4.69, 9.17) is 22.7 Å². The first-order valence-corrected chi connectivity index (χ1v) is 5.61. The van der Waals surface area contributed by atoms with Crippen LogP contribution in [-0.4, -0.2) is 4.99 Å². The van der Waals surface area contributed by atoms with Crippen LogP contribution in [0.5, 0.6) is 11.5 Å². The van der Waals surface area contributed by atoms with Crippen molar-refractivity contribution in [3.63, 3.8) is 0 Å². The van der Waals surface area contributed by atoms with E-state index in [9.17, 15) is 13.2 Å². The van der Waals surface area contributed by atoms with Crippen LogP contribution in [0.1, 0.15) is 5.56 Å². The van der Waals surface area contributed by atoms with E-state index >= 15 is 0 Å². The molecule has 0 aliphatic carbocycles. The molecule has 0 unspecified atom stereocenters. The lowest BCUT2D eigenvalue weighted by molar-refractivity contribution is 0.413. The number of nitrogens with two attached hydrogens (primary N) is 1. The molecule has 19 heavy (non-hydrogen) atoms. The minimum atomic E-state index is -1.17. The van der Waals surface area contributed by atoms with Crippen molar-refractivity contribution in [3.8, 4) is 11.5 Å². The van der Waals surface area contributed by atoms with E-state index in [0.29, 0.717) is 0 Å². The van der Waals surface area contributed by atoms with Crippen LogP contribution in [0.2, 0.25) is 0 Å². The summed E-state index contributed by atoms with van der Waals surface area (Å²) in [6.45, 7) is 0. The Morgan fingerprint density at radius 3 is 2.16 bits per heavy atom. The molecule has 2 aromatic rings. The van der Waals surface area contributed by atoms with Gasteiger partial charge in [0.05, 0.1) is 5.56 Å². The van der Waals surface area contributed by atoms with E-state index < -0.39 is 17.5 Å². The maximum Gasteiger partial charge on any atom is 0.201 e. The van der Waals surface area contributed by atoms with Crippen molar-refractivity contribution in [2.24, 2.45) is 5.73 Å². The monoisotopic (exact) mass is 283 g/mol. The Kier molecular flexibility index (Phi) is 3.71. The number of thiocarbonyl (C=S) groups is 1. The van der Waals surface area contributed by atoms with Gasteiger partial charge in [-0.3, -0.25) is 0 Å². The maximum atomic E-state index is 13.6. The highest BCUT2D eigenvalue weighted by Crippen LogP contribution is 2.29. The second kappa shape index (κ2) is 5.27. The van der Waals surface area contributed by atoms with Gasteiger partial charge >= 0.3 is 0 Å². The molecule has 0 fully saturated rings. The highest BCUT2D eigenvalue weighted by molar-refractivity contribution is 7.80. The lowest BCUT2D eigenvalue weighted by atomic mass is 10.2. The smallest absolute Gasteiger partial charge is 0.201 e. The van der Waals surface area contributed by atoms with Gasteiger partial charge in [-0.05, 0) is 24.3 Å². The fourth-order valence-corrected chi connectivity index (χ4v) is 1.71. The summed E-state index contributed by atoms with van der Waals surface area (Å²) in [5, 5.41) is 0. The van der Waals surface area contributed by atoms with E-state index in [1.54, 1.807) is 0 Å². The van der Waals surface area contributed by atoms with Crippen molar-refractivity contribution in [2.75, 3.05) is 0 Å². The fourth-order valence-electron chi connectivity index (χ4n) is 1.51. The van der Waals surface area contributed by atoms with Gasteiger partial charge in [0.2, 0.25) is 5.82 Å². The molecule has 0 heterocycles. The van der Waals surface area contributed by atoms with Gasteiger partial charge in [-0.1, -0.05) is 24.4 Å². The molecule has 2 aromatic carbocycles. The number of hydrogen-bond donors (Lipinski definition) is 1. The van der Waals surface area contributed by atoms with Crippen molar-refractivity contribution in [2.45, 2.75) is 0 Å². The number of ether oxygens (including phenoxy) is 1. The third-order valence-electron chi connectivity index (χ3n) is 2.36. The average molecular weight is 283 g/mol. The number of benzene rings is 2. The molecular weight excluding hydrogens is 275 g/mol. The molecule has 0 amide bonds. The quantitative estimate of drug-likeness (QED) is 0.875. The summed E-state index contributed by atoms with van der Waals surface area (Å²) in [6, 6.07) is 7.29. The summed E-state index contributed by atoms with van der Waals surface area (Å²) < 4.78 is 45.2. The Balaban J connectivity index is 2.47. The van der Waals surface area contributed by atoms with Gasteiger partial charge in [-0.15, -0.1) is 0 Å². The Morgan fingerprint density at radius 1 is 0.947 bits per heavy atom. The molecule has 2 rings (SSSR count). The summed E-state index contributed by atoms with van der Waals surface area (Å²) in [4.78, 5) is -0.232. The van der Waals surface area contributed by atoms with Crippen LogP contribution in [0.4, 0.5) is 13.2 Å². The fraction of sp³-hybridized carbons (Fsp3) is 0. The molecule has 0 aliphatic heterocycles. The predicted molar refractivity (Wildman–Crippen MR) is 68.7 cm³/mol. The summed E-state index contributed by atoms with van der Waals surface area (Å²) >= 11 is 4.70. The third-order valence-corrected chi connectivity index (χ3v) is 2.56. The van der Waals surface area contributed by atoms with Crippen molar-refractivity contribution in [3.05, 3.63) is 59.4 Å². The van der Waals surface area contributed by atoms with Crippen LogP contribution in [0, 0.1) is 17.5 Å². The lowest BCUT2D eigenvalue weighted by Gasteiger charge is -2.11. The molecule has 0 aromatic heterocycles. The summed E-state index contributed by atoms with van der Waals surface area (Å²) in [7, 11) is 0. The molecule has 0 atom stereocenters. The van der Waals surface area contributed by atoms with Crippen molar-refractivity contribution < 1.29 is 17.9 Å². The Morgan fingerprint density at radius 2 is 1.53 bits per heavy atom. The summed E-state index contributed by atoms with van der Waals surface area (Å²) in [6.07, 6.45) is 0. The zero-order chi connectivity index (χ0) is 14.0. The maximum absolute atomic E-state index is 13.6. The molecular formula is C13H8F3NOS. The highest BCUT2D eigenvalue weighted by Gasteiger charge is 2.16. The standard InChI is InChI=1S/C13H8F3NOS/c14-7-3-1-5-9(11(7)13(17)19)18-10-6-2-4-8(15)12(10)16/h1-6H,(H2,17,19). The molecule has 0 spiro atoms. The second-order valence-corrected chi connectivity index (χ2v) is 4.07. The molecule has 6 heteroatoms. The van der Waals surface area contributed by atoms with E-state index in [2.05, 4.69) is 0 Å². The van der Waals surface area contributed by atoms with Crippen molar-refractivity contribution in [1.29, 1.82) is 0 Å². The zero-order valence-corrected chi connectivity index (χ0v) is 10.3. The number of hydrogen-bond acceptors (Lipinski definition) is 2. The van der Waals surface area contributed by atoms with Gasteiger partial charge in [-0.2, -0.15) is 4.39 Å². The van der Waals surface area contributed by atoms with Crippen LogP contribution < -0.4 is 10.5 Å². The normalized spacial score (nSPS) is 10.3.